The summed E-state index contributed by atoms with van der Waals surface area (Å²) in [6.45, 7) is 4.63. The summed E-state index contributed by atoms with van der Waals surface area (Å²) in [7, 11) is 0. The van der Waals surface area contributed by atoms with Crippen LogP contribution in [0.4, 0.5) is 19.7 Å². The van der Waals surface area contributed by atoms with Gasteiger partial charge in [0.2, 0.25) is 0 Å². The maximum absolute atomic E-state index is 14.7. The van der Waals surface area contributed by atoms with Gasteiger partial charge < -0.3 is 25.5 Å². The van der Waals surface area contributed by atoms with E-state index in [4.69, 9.17) is 0 Å². The predicted molar refractivity (Wildman–Crippen MR) is 118 cm³/mol. The van der Waals surface area contributed by atoms with Crippen LogP contribution >= 0.6 is 11.3 Å². The lowest BCUT2D eigenvalue weighted by Gasteiger charge is -2.42. The molecule has 1 saturated heterocycles. The van der Waals surface area contributed by atoms with Crippen molar-refractivity contribution in [2.75, 3.05) is 29.9 Å². The van der Waals surface area contributed by atoms with E-state index in [-0.39, 0.29) is 23.2 Å². The minimum Gasteiger partial charge on any atom is -0.390 e. The van der Waals surface area contributed by atoms with Gasteiger partial charge in [-0.05, 0) is 38.1 Å². The monoisotopic (exact) mass is 465 g/mol. The van der Waals surface area contributed by atoms with E-state index >= 15 is 0 Å². The summed E-state index contributed by atoms with van der Waals surface area (Å²) in [6, 6.07) is 5.36. The fourth-order valence-electron chi connectivity index (χ4n) is 3.78. The van der Waals surface area contributed by atoms with Crippen LogP contribution in [0.25, 0.3) is 10.2 Å². The molecule has 8 nitrogen and oxygen atoms in total. The summed E-state index contributed by atoms with van der Waals surface area (Å²) in [4.78, 5) is 12.1. The molecule has 1 fully saturated rings. The van der Waals surface area contributed by atoms with Crippen molar-refractivity contribution in [2.24, 2.45) is 0 Å². The Morgan fingerprint density at radius 1 is 1.19 bits per heavy atom. The van der Waals surface area contributed by atoms with Crippen molar-refractivity contribution < 1.29 is 24.1 Å². The van der Waals surface area contributed by atoms with Gasteiger partial charge in [-0.1, -0.05) is 11.3 Å². The smallest absolute Gasteiger partial charge is 0.186 e. The molecule has 0 radical (unpaired) electrons. The summed E-state index contributed by atoms with van der Waals surface area (Å²) in [5.41, 5.74) is 0.859. The number of anilines is 2. The quantitative estimate of drug-likeness (QED) is 0.411. The van der Waals surface area contributed by atoms with Gasteiger partial charge in [-0.2, -0.15) is 0 Å². The molecule has 0 saturated carbocycles. The number of nitrogens with one attached hydrogen (secondary N) is 1. The molecule has 3 aromatic rings. The van der Waals surface area contributed by atoms with E-state index in [0.717, 1.165) is 0 Å². The number of hydrogen-bond acceptors (Lipinski definition) is 9. The van der Waals surface area contributed by atoms with E-state index in [1.54, 1.807) is 15.9 Å². The molecule has 1 aliphatic heterocycles. The van der Waals surface area contributed by atoms with E-state index in [2.05, 4.69) is 15.3 Å². The summed E-state index contributed by atoms with van der Waals surface area (Å²) in [5.74, 6) is -0.760. The van der Waals surface area contributed by atoms with Crippen molar-refractivity contribution in [1.29, 1.82) is 0 Å². The van der Waals surface area contributed by atoms with Crippen LogP contribution in [0, 0.1) is 11.6 Å². The van der Waals surface area contributed by atoms with Crippen LogP contribution < -0.4 is 10.2 Å². The van der Waals surface area contributed by atoms with Crippen LogP contribution in [-0.4, -0.2) is 68.3 Å². The van der Waals surface area contributed by atoms with Crippen molar-refractivity contribution in [2.45, 2.75) is 38.4 Å². The molecule has 1 aliphatic rings. The Hall–Kier alpha value is -2.44. The molecule has 1 aromatic carbocycles. The highest BCUT2D eigenvalue weighted by Gasteiger charge is 2.30. The summed E-state index contributed by atoms with van der Waals surface area (Å²) >= 11 is 1.25. The van der Waals surface area contributed by atoms with Gasteiger partial charge in [0.25, 0.3) is 0 Å². The number of rotatable bonds is 6. The second-order valence-corrected chi connectivity index (χ2v) is 8.98. The van der Waals surface area contributed by atoms with Crippen molar-refractivity contribution in [3.8, 4) is 0 Å². The molecule has 32 heavy (non-hydrogen) atoms. The average Bonchev–Trinajstić information content (AvgIpc) is 3.14. The molecule has 3 heterocycles. The average molecular weight is 466 g/mol. The minimum absolute atomic E-state index is 0.154. The van der Waals surface area contributed by atoms with Gasteiger partial charge in [-0.25, -0.2) is 18.7 Å². The maximum atomic E-state index is 14.7. The first-order chi connectivity index (χ1) is 15.2. The molecule has 0 aliphatic carbocycles. The third kappa shape index (κ3) is 4.66. The van der Waals surface area contributed by atoms with Crippen molar-refractivity contribution in [3.05, 3.63) is 47.7 Å². The second-order valence-electron chi connectivity index (χ2n) is 7.95. The molecule has 1 unspecified atom stereocenters. The Morgan fingerprint density at radius 3 is 2.66 bits per heavy atom. The third-order valence-electron chi connectivity index (χ3n) is 5.52. The number of halogens is 2. The number of aliphatic hydroxyl groups excluding tert-OH is 3. The Balaban J connectivity index is 1.41. The predicted octanol–water partition coefficient (Wildman–Crippen LogP) is 2.28. The van der Waals surface area contributed by atoms with Gasteiger partial charge in [0, 0.05) is 37.4 Å². The highest BCUT2D eigenvalue weighted by molar-refractivity contribution is 7.22. The Bertz CT molecular complexity index is 1100. The first kappa shape index (κ1) is 22.7. The molecule has 0 spiro atoms. The van der Waals surface area contributed by atoms with Crippen LogP contribution in [0.1, 0.15) is 25.5 Å². The lowest BCUT2D eigenvalue weighted by atomic mass is 10.1. The normalized spacial score (nSPS) is 20.3. The number of aromatic nitrogens is 2. The SMILES string of the molecule is C[C@@H]1CN(C(O)Nc2nc3ccc(F)cc3s2)CCN1c1ncc([C@@H](O)[C@@H](C)O)cc1F. The number of fused-ring (bicyclic) bond motifs is 1. The molecule has 4 rings (SSSR count). The van der Waals surface area contributed by atoms with E-state index in [0.29, 0.717) is 35.0 Å². The van der Waals surface area contributed by atoms with Gasteiger partial charge in [-0.3, -0.25) is 4.90 Å². The van der Waals surface area contributed by atoms with Crippen LogP contribution in [0.15, 0.2) is 30.5 Å². The minimum atomic E-state index is -1.21. The van der Waals surface area contributed by atoms with E-state index in [9.17, 15) is 24.1 Å². The van der Waals surface area contributed by atoms with Crippen LogP contribution in [0.2, 0.25) is 0 Å². The first-order valence-corrected chi connectivity index (χ1v) is 11.1. The van der Waals surface area contributed by atoms with Gasteiger partial charge in [0.05, 0.1) is 16.3 Å². The molecule has 11 heteroatoms. The van der Waals surface area contributed by atoms with Crippen LogP contribution in [-0.2, 0) is 0 Å². The highest BCUT2D eigenvalue weighted by atomic mass is 32.1. The zero-order valence-electron chi connectivity index (χ0n) is 17.6. The largest absolute Gasteiger partial charge is 0.390 e. The molecular weight excluding hydrogens is 440 g/mol. The van der Waals surface area contributed by atoms with E-state index in [1.807, 2.05) is 6.92 Å². The van der Waals surface area contributed by atoms with Gasteiger partial charge >= 0.3 is 0 Å². The molecular formula is C21H25F2N5O3S. The van der Waals surface area contributed by atoms with Gasteiger partial charge in [0.15, 0.2) is 23.1 Å². The molecule has 4 atom stereocenters. The van der Waals surface area contributed by atoms with Crippen molar-refractivity contribution in [3.63, 3.8) is 0 Å². The fourth-order valence-corrected chi connectivity index (χ4v) is 4.69. The second kappa shape index (κ2) is 9.20. The summed E-state index contributed by atoms with van der Waals surface area (Å²) in [5, 5.41) is 33.5. The number of nitrogens with zero attached hydrogens (tertiary/aromatic N) is 4. The number of benzene rings is 1. The van der Waals surface area contributed by atoms with Crippen LogP contribution in [0.3, 0.4) is 0 Å². The standard InChI is InChI=1S/C21H25F2N5O3S/c1-11-10-27(21(31)26-20-25-16-4-3-14(22)8-17(16)32-20)5-6-28(11)19-15(23)7-13(9-24-19)18(30)12(2)29/h3-4,7-9,11-12,18,21,29-31H,5-6,10H2,1-2H3,(H,25,26)/t11-,12-,18+,21?/m1/s1. The first-order valence-electron chi connectivity index (χ1n) is 10.3. The van der Waals surface area contributed by atoms with Crippen molar-refractivity contribution >= 4 is 32.5 Å². The number of thiazole rings is 1. The number of hydrogen-bond donors (Lipinski definition) is 4. The molecule has 4 N–H and O–H groups in total. The zero-order valence-corrected chi connectivity index (χ0v) is 18.4. The molecule has 172 valence electrons. The highest BCUT2D eigenvalue weighted by Crippen LogP contribution is 2.28. The Morgan fingerprint density at radius 2 is 1.97 bits per heavy atom. The van der Waals surface area contributed by atoms with E-state index in [1.165, 1.54) is 42.7 Å². The number of pyridine rings is 1. The lowest BCUT2D eigenvalue weighted by Crippen LogP contribution is -2.57. The van der Waals surface area contributed by atoms with Gasteiger partial charge in [0.1, 0.15) is 11.9 Å². The summed E-state index contributed by atoms with van der Waals surface area (Å²) in [6.07, 6.45) is -1.89. The Labute approximate surface area is 187 Å². The van der Waals surface area contributed by atoms with Crippen molar-refractivity contribution in [1.82, 2.24) is 14.9 Å². The fraction of sp³-hybridized carbons (Fsp3) is 0.429. The number of piperazine rings is 1. The molecule has 0 amide bonds. The van der Waals surface area contributed by atoms with Gasteiger partial charge in [-0.15, -0.1) is 0 Å². The Kier molecular flexibility index (Phi) is 6.54. The summed E-state index contributed by atoms with van der Waals surface area (Å²) < 4.78 is 28.8. The third-order valence-corrected chi connectivity index (χ3v) is 6.47. The molecule has 0 bridgehead atoms. The number of aliphatic hydroxyl groups is 3. The maximum Gasteiger partial charge on any atom is 0.186 e. The molecule has 2 aromatic heterocycles. The topological polar surface area (TPSA) is 105 Å². The van der Waals surface area contributed by atoms with E-state index < -0.39 is 24.4 Å². The zero-order chi connectivity index (χ0) is 23.0. The van der Waals surface area contributed by atoms with Crippen LogP contribution in [0.5, 0.6) is 0 Å². The lowest BCUT2D eigenvalue weighted by molar-refractivity contribution is 0.0145.